The van der Waals surface area contributed by atoms with Gasteiger partial charge in [0.25, 0.3) is 5.91 Å². The van der Waals surface area contributed by atoms with Crippen molar-refractivity contribution in [2.45, 2.75) is 6.92 Å². The van der Waals surface area contributed by atoms with Crippen molar-refractivity contribution in [2.75, 3.05) is 0 Å². The Balaban J connectivity index is 2.71. The molecule has 84 valence electrons. The molecule has 0 saturated carbocycles. The van der Waals surface area contributed by atoms with Gasteiger partial charge in [-0.1, -0.05) is 30.3 Å². The fraction of sp³-hybridized carbons (Fsp3) is 0.0769. The molecule has 4 nitrogen and oxygen atoms in total. The first-order valence-electron chi connectivity index (χ1n) is 5.04. The van der Waals surface area contributed by atoms with Crippen LogP contribution in [-0.4, -0.2) is 5.91 Å². The summed E-state index contributed by atoms with van der Waals surface area (Å²) in [7, 11) is 0. The van der Waals surface area contributed by atoms with E-state index in [1.54, 1.807) is 6.92 Å². The largest absolute Gasteiger partial charge is 0.454 e. The Kier molecular flexibility index (Phi) is 2.67. The maximum Gasteiger partial charge on any atom is 0.285 e. The summed E-state index contributed by atoms with van der Waals surface area (Å²) in [6, 6.07) is 11.3. The van der Waals surface area contributed by atoms with Crippen LogP contribution >= 0.6 is 0 Å². The second kappa shape index (κ2) is 4.14. The zero-order chi connectivity index (χ0) is 12.4. The summed E-state index contributed by atoms with van der Waals surface area (Å²) in [5.74, 6) is -0.294. The quantitative estimate of drug-likeness (QED) is 0.852. The molecule has 0 aliphatic rings. The molecular formula is C13H10N2O2. The van der Waals surface area contributed by atoms with E-state index in [9.17, 15) is 4.79 Å². The maximum absolute atomic E-state index is 11.2. The van der Waals surface area contributed by atoms with Crippen molar-refractivity contribution >= 4 is 5.91 Å². The van der Waals surface area contributed by atoms with Gasteiger partial charge in [-0.25, -0.2) is 0 Å². The molecule has 0 saturated heterocycles. The number of carbonyl (C=O) groups excluding carboxylic acids is 1. The molecule has 4 heteroatoms. The van der Waals surface area contributed by atoms with Gasteiger partial charge in [0.2, 0.25) is 5.76 Å². The summed E-state index contributed by atoms with van der Waals surface area (Å²) in [6.45, 7) is 1.70. The number of nitrogens with two attached hydrogens (primary N) is 1. The molecule has 1 aromatic heterocycles. The van der Waals surface area contributed by atoms with E-state index in [-0.39, 0.29) is 11.3 Å². The van der Waals surface area contributed by atoms with Crippen LogP contribution in [0, 0.1) is 18.3 Å². The van der Waals surface area contributed by atoms with Gasteiger partial charge in [-0.05, 0) is 12.5 Å². The number of benzene rings is 1. The number of aryl methyl sites for hydroxylation is 1. The van der Waals surface area contributed by atoms with Crippen LogP contribution in [-0.2, 0) is 0 Å². The van der Waals surface area contributed by atoms with Gasteiger partial charge in [0, 0.05) is 5.56 Å². The maximum atomic E-state index is 11.2. The van der Waals surface area contributed by atoms with Gasteiger partial charge in [0.15, 0.2) is 0 Å². The van der Waals surface area contributed by atoms with Crippen molar-refractivity contribution in [3.63, 3.8) is 0 Å². The van der Waals surface area contributed by atoms with E-state index in [1.807, 2.05) is 36.4 Å². The molecule has 1 aromatic carbocycles. The number of primary amides is 1. The lowest BCUT2D eigenvalue weighted by molar-refractivity contribution is 0.0972. The lowest BCUT2D eigenvalue weighted by atomic mass is 10.0. The molecule has 0 atom stereocenters. The number of nitriles is 1. The van der Waals surface area contributed by atoms with Gasteiger partial charge < -0.3 is 10.2 Å². The average Bonchev–Trinajstić information content (AvgIpc) is 2.67. The van der Waals surface area contributed by atoms with Gasteiger partial charge in [0.1, 0.15) is 17.4 Å². The lowest BCUT2D eigenvalue weighted by Gasteiger charge is -1.98. The Morgan fingerprint density at radius 3 is 2.53 bits per heavy atom. The van der Waals surface area contributed by atoms with E-state index in [1.165, 1.54) is 0 Å². The van der Waals surface area contributed by atoms with Gasteiger partial charge in [-0.3, -0.25) is 4.79 Å². The minimum absolute atomic E-state index is 0.0798. The second-order valence-corrected chi connectivity index (χ2v) is 3.58. The summed E-state index contributed by atoms with van der Waals surface area (Å²) in [4.78, 5) is 11.2. The standard InChI is InChI=1S/C13H10N2O2/c1-8-11(9-5-3-2-4-6-9)10(7-14)12(17-8)13(15)16/h2-6H,1H3,(H2,15,16). The predicted molar refractivity (Wildman–Crippen MR) is 62.1 cm³/mol. The molecule has 1 heterocycles. The Morgan fingerprint density at radius 2 is 2.00 bits per heavy atom. The van der Waals surface area contributed by atoms with Crippen molar-refractivity contribution < 1.29 is 9.21 Å². The van der Waals surface area contributed by atoms with E-state index in [0.29, 0.717) is 11.3 Å². The molecule has 1 amide bonds. The van der Waals surface area contributed by atoms with Crippen LogP contribution in [0.4, 0.5) is 0 Å². The van der Waals surface area contributed by atoms with Gasteiger partial charge in [-0.15, -0.1) is 0 Å². The first-order chi connectivity index (χ1) is 8.15. The third-order valence-corrected chi connectivity index (χ3v) is 2.48. The van der Waals surface area contributed by atoms with Crippen molar-refractivity contribution in [1.82, 2.24) is 0 Å². The average molecular weight is 226 g/mol. The van der Waals surface area contributed by atoms with Crippen molar-refractivity contribution in [3.05, 3.63) is 47.4 Å². The van der Waals surface area contributed by atoms with Gasteiger partial charge in [0.05, 0.1) is 0 Å². The van der Waals surface area contributed by atoms with Gasteiger partial charge >= 0.3 is 0 Å². The zero-order valence-electron chi connectivity index (χ0n) is 9.23. The molecule has 0 aliphatic heterocycles. The predicted octanol–water partition coefficient (Wildman–Crippen LogP) is 2.23. The molecular weight excluding hydrogens is 216 g/mol. The molecule has 2 rings (SSSR count). The van der Waals surface area contributed by atoms with Crippen molar-refractivity contribution in [1.29, 1.82) is 5.26 Å². The van der Waals surface area contributed by atoms with Crippen LogP contribution in [0.3, 0.4) is 0 Å². The van der Waals surface area contributed by atoms with Crippen LogP contribution in [0.2, 0.25) is 0 Å². The molecule has 0 fully saturated rings. The highest BCUT2D eigenvalue weighted by atomic mass is 16.3. The normalized spacial score (nSPS) is 9.88. The summed E-state index contributed by atoms with van der Waals surface area (Å²) in [6.07, 6.45) is 0. The Bertz CT molecular complexity index is 606. The van der Waals surface area contributed by atoms with E-state index in [0.717, 1.165) is 5.56 Å². The van der Waals surface area contributed by atoms with E-state index < -0.39 is 5.91 Å². The van der Waals surface area contributed by atoms with Crippen LogP contribution in [0.25, 0.3) is 11.1 Å². The third-order valence-electron chi connectivity index (χ3n) is 2.48. The molecule has 2 N–H and O–H groups in total. The fourth-order valence-corrected chi connectivity index (χ4v) is 1.78. The molecule has 0 bridgehead atoms. The topological polar surface area (TPSA) is 80.0 Å². The summed E-state index contributed by atoms with van der Waals surface area (Å²) in [5, 5.41) is 9.11. The third kappa shape index (κ3) is 1.79. The minimum atomic E-state index is -0.730. The summed E-state index contributed by atoms with van der Waals surface area (Å²) >= 11 is 0. The number of amides is 1. The molecule has 0 aliphatic carbocycles. The Hall–Kier alpha value is -2.54. The first kappa shape index (κ1) is 11.0. The highest BCUT2D eigenvalue weighted by Crippen LogP contribution is 2.31. The number of hydrogen-bond acceptors (Lipinski definition) is 3. The highest BCUT2D eigenvalue weighted by molar-refractivity contribution is 5.95. The fourth-order valence-electron chi connectivity index (χ4n) is 1.78. The van der Waals surface area contributed by atoms with Crippen LogP contribution in [0.15, 0.2) is 34.7 Å². The highest BCUT2D eigenvalue weighted by Gasteiger charge is 2.22. The number of carbonyl (C=O) groups is 1. The minimum Gasteiger partial charge on any atom is -0.454 e. The lowest BCUT2D eigenvalue weighted by Crippen LogP contribution is -2.11. The molecule has 17 heavy (non-hydrogen) atoms. The smallest absolute Gasteiger partial charge is 0.285 e. The number of hydrogen-bond donors (Lipinski definition) is 1. The zero-order valence-corrected chi connectivity index (χ0v) is 9.23. The summed E-state index contributed by atoms with van der Waals surface area (Å²) in [5.41, 5.74) is 6.82. The van der Waals surface area contributed by atoms with Crippen LogP contribution < -0.4 is 5.73 Å². The van der Waals surface area contributed by atoms with E-state index >= 15 is 0 Å². The molecule has 2 aromatic rings. The Labute approximate surface area is 98.3 Å². The monoisotopic (exact) mass is 226 g/mol. The molecule has 0 spiro atoms. The summed E-state index contributed by atoms with van der Waals surface area (Å²) < 4.78 is 5.26. The molecule has 0 unspecified atom stereocenters. The van der Waals surface area contributed by atoms with Crippen LogP contribution in [0.1, 0.15) is 21.9 Å². The van der Waals surface area contributed by atoms with Crippen molar-refractivity contribution in [2.24, 2.45) is 5.73 Å². The Morgan fingerprint density at radius 1 is 1.35 bits per heavy atom. The SMILES string of the molecule is Cc1oc(C(N)=O)c(C#N)c1-c1ccccc1. The van der Waals surface area contributed by atoms with E-state index in [2.05, 4.69) is 0 Å². The van der Waals surface area contributed by atoms with Crippen molar-refractivity contribution in [3.8, 4) is 17.2 Å². The van der Waals surface area contributed by atoms with Gasteiger partial charge in [-0.2, -0.15) is 5.26 Å². The first-order valence-corrected chi connectivity index (χ1v) is 5.04. The number of furan rings is 1. The number of rotatable bonds is 2. The van der Waals surface area contributed by atoms with E-state index in [4.69, 9.17) is 15.4 Å². The molecule has 0 radical (unpaired) electrons. The number of nitrogens with zero attached hydrogens (tertiary/aromatic N) is 1. The van der Waals surface area contributed by atoms with Crippen LogP contribution in [0.5, 0.6) is 0 Å². The second-order valence-electron chi connectivity index (χ2n) is 3.58.